The van der Waals surface area contributed by atoms with Crippen LogP contribution in [-0.2, 0) is 4.79 Å². The van der Waals surface area contributed by atoms with Gasteiger partial charge in [-0.25, -0.2) is 0 Å². The smallest absolute Gasteiger partial charge is 0.224 e. The second-order valence-electron chi connectivity index (χ2n) is 4.81. The van der Waals surface area contributed by atoms with E-state index in [0.717, 1.165) is 25.2 Å². The van der Waals surface area contributed by atoms with Crippen LogP contribution < -0.4 is 10.6 Å². The maximum absolute atomic E-state index is 11.8. The van der Waals surface area contributed by atoms with Gasteiger partial charge < -0.3 is 10.6 Å². The molecule has 0 aromatic heterocycles. The molecule has 18 heavy (non-hydrogen) atoms. The van der Waals surface area contributed by atoms with E-state index in [1.807, 2.05) is 12.1 Å². The van der Waals surface area contributed by atoms with E-state index in [-0.39, 0.29) is 5.91 Å². The van der Waals surface area contributed by atoms with Gasteiger partial charge in [0.1, 0.15) is 0 Å². The van der Waals surface area contributed by atoms with Crippen molar-refractivity contribution in [3.05, 3.63) is 29.3 Å². The van der Waals surface area contributed by atoms with Gasteiger partial charge in [-0.05, 0) is 56.5 Å². The fourth-order valence-corrected chi connectivity index (χ4v) is 2.49. The van der Waals surface area contributed by atoms with Crippen molar-refractivity contribution in [3.63, 3.8) is 0 Å². The van der Waals surface area contributed by atoms with Gasteiger partial charge in [0.2, 0.25) is 5.91 Å². The lowest BCUT2D eigenvalue weighted by molar-refractivity contribution is -0.116. The zero-order valence-corrected chi connectivity index (χ0v) is 11.2. The van der Waals surface area contributed by atoms with Crippen LogP contribution >= 0.6 is 11.6 Å². The zero-order valence-electron chi connectivity index (χ0n) is 10.4. The number of anilines is 1. The van der Waals surface area contributed by atoms with Crippen molar-refractivity contribution in [2.45, 2.75) is 25.7 Å². The van der Waals surface area contributed by atoms with E-state index in [4.69, 9.17) is 11.6 Å². The molecule has 0 spiro atoms. The fraction of sp³-hybridized carbons (Fsp3) is 0.500. The second kappa shape index (κ2) is 6.76. The van der Waals surface area contributed by atoms with E-state index in [9.17, 15) is 4.79 Å². The maximum atomic E-state index is 11.8. The molecule has 2 N–H and O–H groups in total. The molecule has 0 bridgehead atoms. The molecule has 1 atom stereocenters. The Bertz CT molecular complexity index is 403. The van der Waals surface area contributed by atoms with Crippen LogP contribution in [0.5, 0.6) is 0 Å². The number of carbonyl (C=O) groups excluding carboxylic acids is 1. The first-order valence-electron chi connectivity index (χ1n) is 6.50. The molecule has 1 unspecified atom stereocenters. The van der Waals surface area contributed by atoms with Gasteiger partial charge in [-0.2, -0.15) is 0 Å². The summed E-state index contributed by atoms with van der Waals surface area (Å²) >= 11 is 5.87. The second-order valence-corrected chi connectivity index (χ2v) is 5.25. The third-order valence-electron chi connectivity index (χ3n) is 3.29. The molecule has 0 saturated carbocycles. The van der Waals surface area contributed by atoms with E-state index in [2.05, 4.69) is 10.6 Å². The van der Waals surface area contributed by atoms with Gasteiger partial charge in [0.15, 0.2) is 0 Å². The summed E-state index contributed by atoms with van der Waals surface area (Å²) in [5, 5.41) is 6.89. The number of hydrogen-bond acceptors (Lipinski definition) is 2. The van der Waals surface area contributed by atoms with Gasteiger partial charge in [0.25, 0.3) is 0 Å². The summed E-state index contributed by atoms with van der Waals surface area (Å²) in [5.74, 6) is 0.715. The Morgan fingerprint density at radius 3 is 3.11 bits per heavy atom. The molecule has 3 nitrogen and oxygen atoms in total. The number of piperidine rings is 1. The van der Waals surface area contributed by atoms with Crippen LogP contribution in [0.1, 0.15) is 25.7 Å². The molecule has 0 radical (unpaired) electrons. The minimum atomic E-state index is 0.0721. The number of benzene rings is 1. The van der Waals surface area contributed by atoms with Crippen LogP contribution in [0.25, 0.3) is 0 Å². The Morgan fingerprint density at radius 2 is 2.39 bits per heavy atom. The van der Waals surface area contributed by atoms with Crippen molar-refractivity contribution in [1.82, 2.24) is 5.32 Å². The Hall–Kier alpha value is -1.06. The Morgan fingerprint density at radius 1 is 1.50 bits per heavy atom. The Kier molecular flexibility index (Phi) is 5.02. The van der Waals surface area contributed by atoms with E-state index >= 15 is 0 Å². The lowest BCUT2D eigenvalue weighted by atomic mass is 9.94. The average Bonchev–Trinajstić information content (AvgIpc) is 2.38. The van der Waals surface area contributed by atoms with Crippen LogP contribution in [0.3, 0.4) is 0 Å². The molecule has 2 rings (SSSR count). The van der Waals surface area contributed by atoms with Crippen LogP contribution in [0.4, 0.5) is 5.69 Å². The lowest BCUT2D eigenvalue weighted by Crippen LogP contribution is -2.30. The Labute approximate surface area is 113 Å². The standard InChI is InChI=1S/C14H19ClN2O/c15-12-4-1-5-13(9-12)17-14(18)7-6-11-3-2-8-16-10-11/h1,4-5,9,11,16H,2-3,6-8,10H2,(H,17,18). The summed E-state index contributed by atoms with van der Waals surface area (Å²) in [6, 6.07) is 7.25. The SMILES string of the molecule is O=C(CCC1CCCNC1)Nc1cccc(Cl)c1. The van der Waals surface area contributed by atoms with Gasteiger partial charge in [-0.15, -0.1) is 0 Å². The van der Waals surface area contributed by atoms with Crippen molar-refractivity contribution in [3.8, 4) is 0 Å². The highest BCUT2D eigenvalue weighted by atomic mass is 35.5. The summed E-state index contributed by atoms with van der Waals surface area (Å²) in [6.45, 7) is 2.16. The van der Waals surface area contributed by atoms with Gasteiger partial charge in [0, 0.05) is 17.1 Å². The molecule has 1 aliphatic rings. The fourth-order valence-electron chi connectivity index (χ4n) is 2.30. The first-order valence-corrected chi connectivity index (χ1v) is 6.88. The maximum Gasteiger partial charge on any atom is 0.224 e. The predicted octanol–water partition coefficient (Wildman–Crippen LogP) is 3.06. The van der Waals surface area contributed by atoms with Gasteiger partial charge in [-0.1, -0.05) is 17.7 Å². The lowest BCUT2D eigenvalue weighted by Gasteiger charge is -2.22. The molecule has 1 aliphatic heterocycles. The molecular weight excluding hydrogens is 248 g/mol. The number of rotatable bonds is 4. The normalized spacial score (nSPS) is 19.5. The van der Waals surface area contributed by atoms with E-state index in [0.29, 0.717) is 17.4 Å². The van der Waals surface area contributed by atoms with Crippen molar-refractivity contribution in [2.75, 3.05) is 18.4 Å². The first-order chi connectivity index (χ1) is 8.74. The molecule has 1 heterocycles. The summed E-state index contributed by atoms with van der Waals surface area (Å²) < 4.78 is 0. The molecule has 0 aliphatic carbocycles. The molecule has 98 valence electrons. The molecule has 1 saturated heterocycles. The van der Waals surface area contributed by atoms with Crippen molar-refractivity contribution in [2.24, 2.45) is 5.92 Å². The number of hydrogen-bond donors (Lipinski definition) is 2. The van der Waals surface area contributed by atoms with Gasteiger partial charge >= 0.3 is 0 Å². The highest BCUT2D eigenvalue weighted by Crippen LogP contribution is 2.18. The van der Waals surface area contributed by atoms with Crippen molar-refractivity contribution in [1.29, 1.82) is 0 Å². The average molecular weight is 267 g/mol. The number of amides is 1. The van der Waals surface area contributed by atoms with Crippen LogP contribution in [-0.4, -0.2) is 19.0 Å². The largest absolute Gasteiger partial charge is 0.326 e. The molecule has 1 aromatic rings. The minimum Gasteiger partial charge on any atom is -0.326 e. The Balaban J connectivity index is 1.74. The summed E-state index contributed by atoms with van der Waals surface area (Å²) in [7, 11) is 0. The summed E-state index contributed by atoms with van der Waals surface area (Å²) in [4.78, 5) is 11.8. The van der Waals surface area contributed by atoms with Crippen LogP contribution in [0.2, 0.25) is 5.02 Å². The van der Waals surface area contributed by atoms with Crippen LogP contribution in [0.15, 0.2) is 24.3 Å². The highest BCUT2D eigenvalue weighted by molar-refractivity contribution is 6.30. The van der Waals surface area contributed by atoms with Crippen molar-refractivity contribution < 1.29 is 4.79 Å². The quantitative estimate of drug-likeness (QED) is 0.879. The third-order valence-corrected chi connectivity index (χ3v) is 3.52. The molecule has 1 aromatic carbocycles. The molecule has 1 fully saturated rings. The number of halogens is 1. The zero-order chi connectivity index (χ0) is 12.8. The molecule has 4 heteroatoms. The van der Waals surface area contributed by atoms with Crippen molar-refractivity contribution >= 4 is 23.2 Å². The number of nitrogens with one attached hydrogen (secondary N) is 2. The first kappa shape index (κ1) is 13.4. The van der Waals surface area contributed by atoms with Gasteiger partial charge in [-0.3, -0.25) is 4.79 Å². The minimum absolute atomic E-state index is 0.0721. The van der Waals surface area contributed by atoms with Gasteiger partial charge in [0.05, 0.1) is 0 Å². The van der Waals surface area contributed by atoms with E-state index in [1.165, 1.54) is 12.8 Å². The molecule has 1 amide bonds. The van der Waals surface area contributed by atoms with E-state index < -0.39 is 0 Å². The number of carbonyl (C=O) groups is 1. The summed E-state index contributed by atoms with van der Waals surface area (Å²) in [5.41, 5.74) is 0.772. The molecular formula is C14H19ClN2O. The third kappa shape index (κ3) is 4.31. The topological polar surface area (TPSA) is 41.1 Å². The monoisotopic (exact) mass is 266 g/mol. The highest BCUT2D eigenvalue weighted by Gasteiger charge is 2.14. The summed E-state index contributed by atoms with van der Waals surface area (Å²) in [6.07, 6.45) is 4.00. The van der Waals surface area contributed by atoms with Crippen LogP contribution in [0, 0.1) is 5.92 Å². The van der Waals surface area contributed by atoms with E-state index in [1.54, 1.807) is 12.1 Å². The predicted molar refractivity (Wildman–Crippen MR) is 74.9 cm³/mol.